The fourth-order valence-corrected chi connectivity index (χ4v) is 2.67. The van der Waals surface area contributed by atoms with Gasteiger partial charge in [-0.25, -0.2) is 0 Å². The number of aryl methyl sites for hydroxylation is 1. The first-order valence-corrected chi connectivity index (χ1v) is 7.41. The van der Waals surface area contributed by atoms with Gasteiger partial charge >= 0.3 is 0 Å². The highest BCUT2D eigenvalue weighted by atomic mass is 35.5. The zero-order valence-electron chi connectivity index (χ0n) is 11.9. The molecular weight excluding hydrogens is 256 g/mol. The Kier molecular flexibility index (Phi) is 4.65. The lowest BCUT2D eigenvalue weighted by atomic mass is 10.1. The average Bonchev–Trinajstić information content (AvgIpc) is 2.41. The Hall–Kier alpha value is -1.28. The smallest absolute Gasteiger partial charge is 0.0721 e. The van der Waals surface area contributed by atoms with Crippen molar-refractivity contribution in [2.45, 2.75) is 33.6 Å². The standard InChI is InChI=1S/C16H21ClN2/c1-4-7-12-10-15(17)14-11-13(19(5-2)6-3)8-9-16(14)18-12/h8-11H,4-7H2,1-3H3. The topological polar surface area (TPSA) is 16.1 Å². The Morgan fingerprint density at radius 2 is 1.84 bits per heavy atom. The number of rotatable bonds is 5. The third-order valence-corrected chi connectivity index (χ3v) is 3.74. The molecule has 0 spiro atoms. The number of pyridine rings is 1. The van der Waals surface area contributed by atoms with Gasteiger partial charge in [-0.2, -0.15) is 0 Å². The molecule has 1 heterocycles. The van der Waals surface area contributed by atoms with E-state index in [4.69, 9.17) is 11.6 Å². The van der Waals surface area contributed by atoms with Crippen LogP contribution in [0.25, 0.3) is 10.9 Å². The molecular formula is C16H21ClN2. The Labute approximate surface area is 120 Å². The molecule has 1 aromatic heterocycles. The predicted molar refractivity (Wildman–Crippen MR) is 84.3 cm³/mol. The minimum atomic E-state index is 0.808. The third-order valence-electron chi connectivity index (χ3n) is 3.43. The summed E-state index contributed by atoms with van der Waals surface area (Å²) in [5, 5.41) is 1.85. The second-order valence-corrected chi connectivity index (χ2v) is 5.13. The lowest BCUT2D eigenvalue weighted by Crippen LogP contribution is -2.21. The van der Waals surface area contributed by atoms with E-state index in [1.807, 2.05) is 6.07 Å². The summed E-state index contributed by atoms with van der Waals surface area (Å²) in [6.45, 7) is 8.49. The fourth-order valence-electron chi connectivity index (χ4n) is 2.39. The van der Waals surface area contributed by atoms with Crippen molar-refractivity contribution in [3.05, 3.63) is 35.0 Å². The lowest BCUT2D eigenvalue weighted by molar-refractivity contribution is 0.866. The van der Waals surface area contributed by atoms with Gasteiger partial charge in [-0.05, 0) is 44.5 Å². The van der Waals surface area contributed by atoms with Crippen LogP contribution in [-0.2, 0) is 6.42 Å². The summed E-state index contributed by atoms with van der Waals surface area (Å²) in [6.07, 6.45) is 2.07. The van der Waals surface area contributed by atoms with Gasteiger partial charge in [0.2, 0.25) is 0 Å². The van der Waals surface area contributed by atoms with Crippen molar-refractivity contribution in [1.29, 1.82) is 0 Å². The molecule has 0 radical (unpaired) electrons. The highest BCUT2D eigenvalue weighted by Gasteiger charge is 2.07. The Bertz CT molecular complexity index is 562. The number of fused-ring (bicyclic) bond motifs is 1. The summed E-state index contributed by atoms with van der Waals surface area (Å²) in [7, 11) is 0. The summed E-state index contributed by atoms with van der Waals surface area (Å²) in [6, 6.07) is 8.36. The van der Waals surface area contributed by atoms with Crippen LogP contribution in [0.4, 0.5) is 5.69 Å². The first-order valence-electron chi connectivity index (χ1n) is 7.03. The maximum atomic E-state index is 6.40. The van der Waals surface area contributed by atoms with E-state index in [9.17, 15) is 0 Å². The first kappa shape index (κ1) is 14.1. The van der Waals surface area contributed by atoms with E-state index in [1.54, 1.807) is 0 Å². The van der Waals surface area contributed by atoms with Gasteiger partial charge in [0, 0.05) is 29.9 Å². The van der Waals surface area contributed by atoms with Crippen molar-refractivity contribution in [2.24, 2.45) is 0 Å². The van der Waals surface area contributed by atoms with Crippen LogP contribution in [0, 0.1) is 0 Å². The predicted octanol–water partition coefficient (Wildman–Crippen LogP) is 4.69. The molecule has 0 aliphatic carbocycles. The molecule has 2 rings (SSSR count). The molecule has 2 nitrogen and oxygen atoms in total. The molecule has 0 saturated heterocycles. The monoisotopic (exact) mass is 276 g/mol. The van der Waals surface area contributed by atoms with Crippen molar-refractivity contribution in [3.63, 3.8) is 0 Å². The van der Waals surface area contributed by atoms with Gasteiger partial charge in [0.25, 0.3) is 0 Å². The van der Waals surface area contributed by atoms with E-state index in [1.165, 1.54) is 5.69 Å². The largest absolute Gasteiger partial charge is 0.372 e. The first-order chi connectivity index (χ1) is 9.19. The SMILES string of the molecule is CCCc1cc(Cl)c2cc(N(CC)CC)ccc2n1. The van der Waals surface area contributed by atoms with Crippen molar-refractivity contribution >= 4 is 28.2 Å². The van der Waals surface area contributed by atoms with Gasteiger partial charge in [0.1, 0.15) is 0 Å². The lowest BCUT2D eigenvalue weighted by Gasteiger charge is -2.21. The van der Waals surface area contributed by atoms with Crippen LogP contribution in [0.3, 0.4) is 0 Å². The molecule has 0 unspecified atom stereocenters. The second-order valence-electron chi connectivity index (χ2n) is 4.72. The van der Waals surface area contributed by atoms with Crippen molar-refractivity contribution < 1.29 is 0 Å². The van der Waals surface area contributed by atoms with E-state index in [2.05, 4.69) is 48.9 Å². The Morgan fingerprint density at radius 1 is 1.11 bits per heavy atom. The average molecular weight is 277 g/mol. The number of aromatic nitrogens is 1. The molecule has 0 bridgehead atoms. The molecule has 0 aliphatic rings. The number of halogens is 1. The van der Waals surface area contributed by atoms with E-state index in [0.29, 0.717) is 0 Å². The van der Waals surface area contributed by atoms with Crippen LogP contribution >= 0.6 is 11.6 Å². The zero-order chi connectivity index (χ0) is 13.8. The fraction of sp³-hybridized carbons (Fsp3) is 0.438. The molecule has 2 aromatic rings. The molecule has 102 valence electrons. The number of nitrogens with zero attached hydrogens (tertiary/aromatic N) is 2. The summed E-state index contributed by atoms with van der Waals surface area (Å²) in [5.41, 5.74) is 3.28. The molecule has 0 fully saturated rings. The summed E-state index contributed by atoms with van der Waals surface area (Å²) in [4.78, 5) is 6.99. The molecule has 0 saturated carbocycles. The zero-order valence-corrected chi connectivity index (χ0v) is 12.7. The summed E-state index contributed by atoms with van der Waals surface area (Å²) < 4.78 is 0. The van der Waals surface area contributed by atoms with Gasteiger partial charge in [0.05, 0.1) is 10.5 Å². The van der Waals surface area contributed by atoms with Crippen LogP contribution in [0.2, 0.25) is 5.02 Å². The highest BCUT2D eigenvalue weighted by molar-refractivity contribution is 6.35. The third kappa shape index (κ3) is 3.01. The van der Waals surface area contributed by atoms with Gasteiger partial charge < -0.3 is 4.90 Å². The molecule has 0 atom stereocenters. The van der Waals surface area contributed by atoms with Gasteiger partial charge in [-0.15, -0.1) is 0 Å². The van der Waals surface area contributed by atoms with Gasteiger partial charge in [-0.1, -0.05) is 24.9 Å². The maximum absolute atomic E-state index is 6.40. The van der Waals surface area contributed by atoms with E-state index < -0.39 is 0 Å². The number of anilines is 1. The van der Waals surface area contributed by atoms with Crippen LogP contribution in [0.5, 0.6) is 0 Å². The van der Waals surface area contributed by atoms with Gasteiger partial charge in [-0.3, -0.25) is 4.98 Å². The minimum Gasteiger partial charge on any atom is -0.372 e. The second kappa shape index (κ2) is 6.25. The summed E-state index contributed by atoms with van der Waals surface area (Å²) in [5.74, 6) is 0. The van der Waals surface area contributed by atoms with E-state index >= 15 is 0 Å². The molecule has 0 N–H and O–H groups in total. The number of hydrogen-bond donors (Lipinski definition) is 0. The molecule has 3 heteroatoms. The molecule has 0 aliphatic heterocycles. The molecule has 1 aromatic carbocycles. The van der Waals surface area contributed by atoms with E-state index in [-0.39, 0.29) is 0 Å². The van der Waals surface area contributed by atoms with Crippen molar-refractivity contribution in [1.82, 2.24) is 4.98 Å². The molecule has 0 amide bonds. The normalized spacial score (nSPS) is 10.9. The summed E-state index contributed by atoms with van der Waals surface area (Å²) >= 11 is 6.40. The van der Waals surface area contributed by atoms with Crippen LogP contribution in [0.1, 0.15) is 32.9 Å². The maximum Gasteiger partial charge on any atom is 0.0721 e. The Morgan fingerprint density at radius 3 is 2.47 bits per heavy atom. The molecule has 19 heavy (non-hydrogen) atoms. The number of hydrogen-bond acceptors (Lipinski definition) is 2. The van der Waals surface area contributed by atoms with Crippen LogP contribution < -0.4 is 4.90 Å². The van der Waals surface area contributed by atoms with Crippen LogP contribution in [-0.4, -0.2) is 18.1 Å². The van der Waals surface area contributed by atoms with Gasteiger partial charge in [0.15, 0.2) is 0 Å². The van der Waals surface area contributed by atoms with Crippen LogP contribution in [0.15, 0.2) is 24.3 Å². The quantitative estimate of drug-likeness (QED) is 0.788. The highest BCUT2D eigenvalue weighted by Crippen LogP contribution is 2.28. The Balaban J connectivity index is 2.48. The number of benzene rings is 1. The minimum absolute atomic E-state index is 0.808. The van der Waals surface area contributed by atoms with E-state index in [0.717, 1.165) is 47.6 Å². The van der Waals surface area contributed by atoms with Crippen molar-refractivity contribution in [2.75, 3.05) is 18.0 Å². The van der Waals surface area contributed by atoms with Crippen molar-refractivity contribution in [3.8, 4) is 0 Å².